The van der Waals surface area contributed by atoms with Gasteiger partial charge in [-0.3, -0.25) is 4.79 Å². The number of rotatable bonds is 3. The second-order valence-electron chi connectivity index (χ2n) is 3.72. The van der Waals surface area contributed by atoms with Crippen molar-refractivity contribution in [3.63, 3.8) is 0 Å². The van der Waals surface area contributed by atoms with E-state index in [4.69, 9.17) is 0 Å². The van der Waals surface area contributed by atoms with Gasteiger partial charge in [0, 0.05) is 24.8 Å². The third kappa shape index (κ3) is 2.63. The number of carbonyl (C=O) groups is 1. The van der Waals surface area contributed by atoms with Gasteiger partial charge in [-0.1, -0.05) is 15.9 Å². The summed E-state index contributed by atoms with van der Waals surface area (Å²) in [6, 6.07) is 2.07. The lowest BCUT2D eigenvalue weighted by atomic mass is 10.2. The number of amides is 1. The fraction of sp³-hybridized carbons (Fsp3) is 0.500. The Morgan fingerprint density at radius 3 is 2.93 bits per heavy atom. The fourth-order valence-corrected chi connectivity index (χ4v) is 3.40. The molecule has 2 rings (SSSR count). The Balaban J connectivity index is 2.01. The van der Waals surface area contributed by atoms with Crippen LogP contribution in [-0.4, -0.2) is 22.7 Å². The van der Waals surface area contributed by atoms with Gasteiger partial charge in [0.15, 0.2) is 0 Å². The third-order valence-corrected chi connectivity index (χ3v) is 5.29. The molecule has 2 nitrogen and oxygen atoms in total. The SMILES string of the molecule is O=C1CC(CBr)CN1Cc1ccsc1Br. The van der Waals surface area contributed by atoms with Crippen molar-refractivity contribution in [2.45, 2.75) is 13.0 Å². The summed E-state index contributed by atoms with van der Waals surface area (Å²) in [5.41, 5.74) is 1.21. The predicted octanol–water partition coefficient (Wildman–Crippen LogP) is 3.25. The van der Waals surface area contributed by atoms with Gasteiger partial charge in [-0.25, -0.2) is 0 Å². The zero-order valence-corrected chi connectivity index (χ0v) is 12.1. The third-order valence-electron chi connectivity index (χ3n) is 2.57. The number of hydrogen-bond donors (Lipinski definition) is 0. The van der Waals surface area contributed by atoms with E-state index in [-0.39, 0.29) is 5.91 Å². The highest BCUT2D eigenvalue weighted by molar-refractivity contribution is 9.11. The summed E-state index contributed by atoms with van der Waals surface area (Å²) in [5.74, 6) is 0.757. The Kier molecular flexibility index (Phi) is 3.85. The summed E-state index contributed by atoms with van der Waals surface area (Å²) in [6.07, 6.45) is 0.688. The van der Waals surface area contributed by atoms with Gasteiger partial charge in [0.1, 0.15) is 0 Å². The second-order valence-corrected chi connectivity index (χ2v) is 6.60. The van der Waals surface area contributed by atoms with Gasteiger partial charge in [-0.05, 0) is 38.9 Å². The van der Waals surface area contributed by atoms with Gasteiger partial charge in [-0.15, -0.1) is 11.3 Å². The van der Waals surface area contributed by atoms with Crippen molar-refractivity contribution in [1.29, 1.82) is 0 Å². The average Bonchev–Trinajstić information content (AvgIpc) is 2.76. The topological polar surface area (TPSA) is 20.3 Å². The molecule has 82 valence electrons. The minimum atomic E-state index is 0.276. The van der Waals surface area contributed by atoms with Crippen LogP contribution in [0.2, 0.25) is 0 Å². The van der Waals surface area contributed by atoms with Gasteiger partial charge in [0.05, 0.1) is 3.79 Å². The molecule has 5 heteroatoms. The number of halogens is 2. The summed E-state index contributed by atoms with van der Waals surface area (Å²) in [4.78, 5) is 13.6. The largest absolute Gasteiger partial charge is 0.338 e. The van der Waals surface area contributed by atoms with Gasteiger partial charge in [0.2, 0.25) is 5.91 Å². The molecular formula is C10H11Br2NOS. The number of carbonyl (C=O) groups excluding carboxylic acids is 1. The summed E-state index contributed by atoms with van der Waals surface area (Å²) in [6.45, 7) is 1.62. The molecule has 1 aromatic heterocycles. The highest BCUT2D eigenvalue weighted by atomic mass is 79.9. The Morgan fingerprint density at radius 2 is 2.40 bits per heavy atom. The molecule has 1 fully saturated rings. The standard InChI is InChI=1S/C10H11Br2NOS/c11-4-7-3-9(14)13(5-7)6-8-1-2-15-10(8)12/h1-2,7H,3-6H2. The van der Waals surface area contributed by atoms with Gasteiger partial charge in [0.25, 0.3) is 0 Å². The molecule has 1 saturated heterocycles. The molecule has 0 spiro atoms. The Bertz CT molecular complexity index is 366. The van der Waals surface area contributed by atoms with Gasteiger partial charge < -0.3 is 4.90 Å². The van der Waals surface area contributed by atoms with Crippen LogP contribution in [0.1, 0.15) is 12.0 Å². The van der Waals surface area contributed by atoms with E-state index < -0.39 is 0 Å². The zero-order chi connectivity index (χ0) is 10.8. The van der Waals surface area contributed by atoms with E-state index in [1.165, 1.54) is 5.56 Å². The number of likely N-dealkylation sites (tertiary alicyclic amines) is 1. The maximum Gasteiger partial charge on any atom is 0.223 e. The molecule has 1 amide bonds. The average molecular weight is 353 g/mol. The van der Waals surface area contributed by atoms with Crippen LogP contribution in [0.15, 0.2) is 15.2 Å². The molecule has 0 radical (unpaired) electrons. The van der Waals surface area contributed by atoms with E-state index in [0.717, 1.165) is 22.2 Å². The smallest absolute Gasteiger partial charge is 0.223 e. The summed E-state index contributed by atoms with van der Waals surface area (Å²) in [7, 11) is 0. The first-order valence-corrected chi connectivity index (χ1v) is 7.55. The molecule has 0 N–H and O–H groups in total. The monoisotopic (exact) mass is 351 g/mol. The van der Waals surface area contributed by atoms with Crippen LogP contribution in [-0.2, 0) is 11.3 Å². The first-order valence-electron chi connectivity index (χ1n) is 4.76. The molecule has 0 saturated carbocycles. The fourth-order valence-electron chi connectivity index (χ4n) is 1.75. The number of alkyl halides is 1. The van der Waals surface area contributed by atoms with Crippen molar-refractivity contribution in [1.82, 2.24) is 4.90 Å². The second kappa shape index (κ2) is 4.97. The zero-order valence-electron chi connectivity index (χ0n) is 8.08. The molecular weight excluding hydrogens is 342 g/mol. The lowest BCUT2D eigenvalue weighted by Gasteiger charge is -2.15. The van der Waals surface area contributed by atoms with Crippen molar-refractivity contribution in [3.8, 4) is 0 Å². The van der Waals surface area contributed by atoms with E-state index in [1.54, 1.807) is 11.3 Å². The first kappa shape index (κ1) is 11.6. The molecule has 1 aliphatic heterocycles. The molecule has 0 aromatic carbocycles. The minimum Gasteiger partial charge on any atom is -0.338 e. The maximum absolute atomic E-state index is 11.7. The Morgan fingerprint density at radius 1 is 1.60 bits per heavy atom. The highest BCUT2D eigenvalue weighted by Crippen LogP contribution is 2.27. The lowest BCUT2D eigenvalue weighted by molar-refractivity contribution is -0.128. The molecule has 0 bridgehead atoms. The molecule has 1 aromatic rings. The normalized spacial score (nSPS) is 21.3. The van der Waals surface area contributed by atoms with Crippen molar-refractivity contribution >= 4 is 49.1 Å². The Labute approximate surface area is 110 Å². The molecule has 0 aliphatic carbocycles. The van der Waals surface area contributed by atoms with Crippen LogP contribution in [0.5, 0.6) is 0 Å². The number of hydrogen-bond acceptors (Lipinski definition) is 2. The summed E-state index contributed by atoms with van der Waals surface area (Å²) in [5, 5.41) is 2.96. The molecule has 1 atom stereocenters. The molecule has 1 aliphatic rings. The van der Waals surface area contributed by atoms with Crippen molar-refractivity contribution in [3.05, 3.63) is 20.8 Å². The van der Waals surface area contributed by atoms with Crippen LogP contribution in [0.3, 0.4) is 0 Å². The number of nitrogens with zero attached hydrogens (tertiary/aromatic N) is 1. The minimum absolute atomic E-state index is 0.276. The van der Waals surface area contributed by atoms with E-state index in [9.17, 15) is 4.79 Å². The van der Waals surface area contributed by atoms with Crippen molar-refractivity contribution in [2.24, 2.45) is 5.92 Å². The van der Waals surface area contributed by atoms with Crippen LogP contribution in [0.25, 0.3) is 0 Å². The summed E-state index contributed by atoms with van der Waals surface area (Å²) >= 11 is 8.60. The highest BCUT2D eigenvalue weighted by Gasteiger charge is 2.28. The first-order chi connectivity index (χ1) is 7.20. The Hall–Kier alpha value is 0.130. The van der Waals surface area contributed by atoms with E-state index in [2.05, 4.69) is 37.9 Å². The molecule has 2 heterocycles. The van der Waals surface area contributed by atoms with Crippen LogP contribution in [0.4, 0.5) is 0 Å². The van der Waals surface area contributed by atoms with Crippen LogP contribution in [0, 0.1) is 5.92 Å². The molecule has 15 heavy (non-hydrogen) atoms. The molecule has 1 unspecified atom stereocenters. The number of thiophene rings is 1. The van der Waals surface area contributed by atoms with Crippen LogP contribution < -0.4 is 0 Å². The van der Waals surface area contributed by atoms with Crippen LogP contribution >= 0.6 is 43.2 Å². The van der Waals surface area contributed by atoms with Gasteiger partial charge in [-0.2, -0.15) is 0 Å². The van der Waals surface area contributed by atoms with E-state index in [0.29, 0.717) is 12.3 Å². The van der Waals surface area contributed by atoms with Crippen molar-refractivity contribution < 1.29 is 4.79 Å². The quantitative estimate of drug-likeness (QED) is 0.764. The summed E-state index contributed by atoms with van der Waals surface area (Å²) < 4.78 is 1.14. The van der Waals surface area contributed by atoms with Gasteiger partial charge >= 0.3 is 0 Å². The van der Waals surface area contributed by atoms with E-state index in [1.807, 2.05) is 10.3 Å². The lowest BCUT2D eigenvalue weighted by Crippen LogP contribution is -2.24. The maximum atomic E-state index is 11.7. The van der Waals surface area contributed by atoms with E-state index >= 15 is 0 Å². The predicted molar refractivity (Wildman–Crippen MR) is 69.3 cm³/mol. The van der Waals surface area contributed by atoms with Crippen molar-refractivity contribution in [2.75, 3.05) is 11.9 Å².